The summed E-state index contributed by atoms with van der Waals surface area (Å²) < 4.78 is 5.29. The summed E-state index contributed by atoms with van der Waals surface area (Å²) in [6.45, 7) is 10.2. The zero-order valence-electron chi connectivity index (χ0n) is 14.9. The Balaban J connectivity index is 1.61. The van der Waals surface area contributed by atoms with Crippen LogP contribution in [-0.2, 0) is 4.74 Å². The van der Waals surface area contributed by atoms with Crippen LogP contribution in [0.15, 0.2) is 28.3 Å². The molecular formula is C18H27N5O. The molecule has 0 bridgehead atoms. The second-order valence-corrected chi connectivity index (χ2v) is 6.31. The molecule has 0 aromatic carbocycles. The zero-order chi connectivity index (χ0) is 16.9. The number of rotatable bonds is 5. The van der Waals surface area contributed by atoms with Crippen LogP contribution in [0.2, 0.25) is 0 Å². The minimum atomic E-state index is 0.637. The van der Waals surface area contributed by atoms with Gasteiger partial charge in [-0.15, -0.1) is 0 Å². The number of anilines is 1. The molecule has 3 heterocycles. The zero-order valence-corrected chi connectivity index (χ0v) is 14.9. The van der Waals surface area contributed by atoms with Crippen LogP contribution in [0, 0.1) is 0 Å². The van der Waals surface area contributed by atoms with E-state index >= 15 is 0 Å². The van der Waals surface area contributed by atoms with Gasteiger partial charge in [0, 0.05) is 33.2 Å². The van der Waals surface area contributed by atoms with E-state index in [0.717, 1.165) is 63.1 Å². The van der Waals surface area contributed by atoms with E-state index in [1.807, 2.05) is 19.2 Å². The van der Waals surface area contributed by atoms with Crippen LogP contribution >= 0.6 is 0 Å². The van der Waals surface area contributed by atoms with Gasteiger partial charge in [0.05, 0.1) is 42.6 Å². The van der Waals surface area contributed by atoms with Crippen molar-refractivity contribution in [1.82, 2.24) is 9.88 Å². The lowest BCUT2D eigenvalue weighted by Crippen LogP contribution is -2.56. The molecule has 0 N–H and O–H groups in total. The first-order valence-electron chi connectivity index (χ1n) is 8.75. The molecule has 0 spiro atoms. The Morgan fingerprint density at radius 1 is 1.25 bits per heavy atom. The average molecular weight is 329 g/mol. The Morgan fingerprint density at radius 3 is 2.50 bits per heavy atom. The number of hydrogen-bond acceptors (Lipinski definition) is 6. The van der Waals surface area contributed by atoms with Gasteiger partial charge in [0.1, 0.15) is 0 Å². The van der Waals surface area contributed by atoms with E-state index in [9.17, 15) is 0 Å². The molecule has 3 rings (SSSR count). The van der Waals surface area contributed by atoms with E-state index < -0.39 is 0 Å². The summed E-state index contributed by atoms with van der Waals surface area (Å²) in [5.74, 6) is 0.754. The first-order chi connectivity index (χ1) is 11.7. The third-order valence-corrected chi connectivity index (χ3v) is 4.89. The highest BCUT2D eigenvalue weighted by Gasteiger charge is 2.28. The molecule has 0 unspecified atom stereocenters. The summed E-state index contributed by atoms with van der Waals surface area (Å²) in [7, 11) is 1.80. The number of ether oxygens (including phenoxy) is 1. The summed E-state index contributed by atoms with van der Waals surface area (Å²) >= 11 is 0. The number of aliphatic imine (C=N–C) groups is 2. The summed E-state index contributed by atoms with van der Waals surface area (Å²) in [5.41, 5.74) is 3.14. The summed E-state index contributed by atoms with van der Waals surface area (Å²) in [5, 5.41) is 0. The van der Waals surface area contributed by atoms with Crippen molar-refractivity contribution < 1.29 is 4.74 Å². The Bertz CT molecular complexity index is 598. The minimum Gasteiger partial charge on any atom is -0.378 e. The quantitative estimate of drug-likeness (QED) is 0.777. The minimum absolute atomic E-state index is 0.637. The van der Waals surface area contributed by atoms with E-state index in [1.165, 1.54) is 5.69 Å². The molecule has 0 saturated carbocycles. The molecule has 24 heavy (non-hydrogen) atoms. The van der Waals surface area contributed by atoms with Crippen LogP contribution < -0.4 is 4.90 Å². The molecule has 1 aromatic rings. The van der Waals surface area contributed by atoms with Gasteiger partial charge in [0.25, 0.3) is 0 Å². The topological polar surface area (TPSA) is 53.3 Å². The molecule has 6 heteroatoms. The van der Waals surface area contributed by atoms with E-state index in [0.29, 0.717) is 6.04 Å². The van der Waals surface area contributed by atoms with Gasteiger partial charge < -0.3 is 9.64 Å². The molecule has 0 amide bonds. The van der Waals surface area contributed by atoms with Crippen LogP contribution in [0.25, 0.3) is 0 Å². The first kappa shape index (κ1) is 17.0. The molecular weight excluding hydrogens is 302 g/mol. The maximum atomic E-state index is 5.29. The van der Waals surface area contributed by atoms with Gasteiger partial charge in [0.15, 0.2) is 5.82 Å². The Hall–Kier alpha value is -1.79. The lowest BCUT2D eigenvalue weighted by Gasteiger charge is -2.43. The Labute approximate surface area is 144 Å². The SMILES string of the molecule is CCC(=Nc1ccc(N2CCN(C3COC3)CC2)cn1)C(C)=NC. The third-order valence-electron chi connectivity index (χ3n) is 4.89. The number of nitrogens with zero attached hydrogens (tertiary/aromatic N) is 5. The summed E-state index contributed by atoms with van der Waals surface area (Å²) in [4.78, 5) is 18.3. The predicted octanol–water partition coefficient (Wildman–Crippen LogP) is 2.18. The molecule has 130 valence electrons. The van der Waals surface area contributed by atoms with Crippen molar-refractivity contribution in [3.05, 3.63) is 18.3 Å². The first-order valence-corrected chi connectivity index (χ1v) is 8.75. The Kier molecular flexibility index (Phi) is 5.58. The second kappa shape index (κ2) is 7.85. The number of piperazine rings is 1. The molecule has 0 atom stereocenters. The van der Waals surface area contributed by atoms with Gasteiger partial charge in [-0.1, -0.05) is 6.92 Å². The van der Waals surface area contributed by atoms with Gasteiger partial charge in [-0.2, -0.15) is 0 Å². The number of hydrogen-bond donors (Lipinski definition) is 0. The number of pyridine rings is 1. The highest BCUT2D eigenvalue weighted by Crippen LogP contribution is 2.20. The largest absolute Gasteiger partial charge is 0.378 e. The standard InChI is InChI=1S/C18H27N5O/c1-4-17(14(2)19-3)21-18-6-5-15(11-20-18)22-7-9-23(10-8-22)16-12-24-13-16/h5-6,11,16H,4,7-10,12-13H2,1-3H3. The van der Waals surface area contributed by atoms with E-state index in [1.54, 1.807) is 7.05 Å². The highest BCUT2D eigenvalue weighted by molar-refractivity contribution is 6.41. The molecule has 1 aromatic heterocycles. The third kappa shape index (κ3) is 3.82. The van der Waals surface area contributed by atoms with Gasteiger partial charge in [0.2, 0.25) is 0 Å². The summed E-state index contributed by atoms with van der Waals surface area (Å²) in [6, 6.07) is 4.76. The lowest BCUT2D eigenvalue weighted by molar-refractivity contribution is -0.0660. The van der Waals surface area contributed by atoms with Crippen LogP contribution in [-0.4, -0.2) is 73.8 Å². The van der Waals surface area contributed by atoms with Gasteiger partial charge in [-0.3, -0.25) is 9.89 Å². The van der Waals surface area contributed by atoms with Crippen molar-refractivity contribution in [3.63, 3.8) is 0 Å². The van der Waals surface area contributed by atoms with Crippen molar-refractivity contribution in [2.75, 3.05) is 51.3 Å². The van der Waals surface area contributed by atoms with Crippen molar-refractivity contribution in [1.29, 1.82) is 0 Å². The second-order valence-electron chi connectivity index (χ2n) is 6.31. The maximum absolute atomic E-state index is 5.29. The maximum Gasteiger partial charge on any atom is 0.152 e. The van der Waals surface area contributed by atoms with Crippen LogP contribution in [0.4, 0.5) is 11.5 Å². The van der Waals surface area contributed by atoms with Gasteiger partial charge in [-0.25, -0.2) is 9.98 Å². The molecule has 0 radical (unpaired) electrons. The van der Waals surface area contributed by atoms with E-state index in [-0.39, 0.29) is 0 Å². The molecule has 6 nitrogen and oxygen atoms in total. The molecule has 2 aliphatic heterocycles. The molecule has 2 saturated heterocycles. The molecule has 2 aliphatic rings. The smallest absolute Gasteiger partial charge is 0.152 e. The monoisotopic (exact) mass is 329 g/mol. The van der Waals surface area contributed by atoms with E-state index in [4.69, 9.17) is 4.74 Å². The lowest BCUT2D eigenvalue weighted by atomic mass is 10.1. The van der Waals surface area contributed by atoms with Crippen molar-refractivity contribution in [2.45, 2.75) is 26.3 Å². The Morgan fingerprint density at radius 2 is 2.00 bits per heavy atom. The highest BCUT2D eigenvalue weighted by atomic mass is 16.5. The van der Waals surface area contributed by atoms with E-state index in [2.05, 4.69) is 37.8 Å². The van der Waals surface area contributed by atoms with Gasteiger partial charge in [-0.05, 0) is 25.5 Å². The van der Waals surface area contributed by atoms with Gasteiger partial charge >= 0.3 is 0 Å². The molecule has 2 fully saturated rings. The fourth-order valence-corrected chi connectivity index (χ4v) is 3.09. The number of aromatic nitrogens is 1. The van der Waals surface area contributed by atoms with Crippen LogP contribution in [0.1, 0.15) is 20.3 Å². The normalized spacial score (nSPS) is 21.0. The fraction of sp³-hybridized carbons (Fsp3) is 0.611. The molecule has 0 aliphatic carbocycles. The average Bonchev–Trinajstić information content (AvgIpc) is 2.59. The van der Waals surface area contributed by atoms with Crippen molar-refractivity contribution >= 4 is 22.9 Å². The van der Waals surface area contributed by atoms with Crippen LogP contribution in [0.5, 0.6) is 0 Å². The summed E-state index contributed by atoms with van der Waals surface area (Å²) in [6.07, 6.45) is 2.80. The predicted molar refractivity (Wildman–Crippen MR) is 99.0 cm³/mol. The van der Waals surface area contributed by atoms with Crippen molar-refractivity contribution in [3.8, 4) is 0 Å². The fourth-order valence-electron chi connectivity index (χ4n) is 3.09. The van der Waals surface area contributed by atoms with Crippen molar-refractivity contribution in [2.24, 2.45) is 9.98 Å². The van der Waals surface area contributed by atoms with Crippen LogP contribution in [0.3, 0.4) is 0 Å².